The maximum Gasteiger partial charge on any atom is 0.254 e. The highest BCUT2D eigenvalue weighted by molar-refractivity contribution is 5.39. The zero-order valence-electron chi connectivity index (χ0n) is 14.3. The molecule has 0 saturated carbocycles. The van der Waals surface area contributed by atoms with E-state index >= 15 is 0 Å². The quantitative estimate of drug-likeness (QED) is 0.784. The molecule has 0 amide bonds. The number of H-pyrrole nitrogens is 1. The first-order chi connectivity index (χ1) is 11.2. The summed E-state index contributed by atoms with van der Waals surface area (Å²) in [6.07, 6.45) is 0.640. The molecule has 3 rings (SSSR count). The van der Waals surface area contributed by atoms with Crippen LogP contribution in [-0.2, 0) is 24.9 Å². The highest BCUT2D eigenvalue weighted by Crippen LogP contribution is 2.26. The summed E-state index contributed by atoms with van der Waals surface area (Å²) < 4.78 is 0. The molecule has 0 spiro atoms. The lowest BCUT2D eigenvalue weighted by Crippen LogP contribution is -2.36. The summed E-state index contributed by atoms with van der Waals surface area (Å²) in [6, 6.07) is 4.62. The van der Waals surface area contributed by atoms with Gasteiger partial charge in [-0.05, 0) is 12.5 Å². The van der Waals surface area contributed by atoms with Crippen LogP contribution in [-0.4, -0.2) is 31.6 Å². The number of fused-ring (bicyclic) bond motifs is 1. The minimum absolute atomic E-state index is 0.0444. The van der Waals surface area contributed by atoms with Crippen LogP contribution in [0.2, 0.25) is 0 Å². The molecule has 2 aromatic rings. The van der Waals surface area contributed by atoms with Gasteiger partial charge in [0.25, 0.3) is 5.56 Å². The molecule has 6 nitrogen and oxygen atoms in total. The van der Waals surface area contributed by atoms with Gasteiger partial charge in [0.15, 0.2) is 0 Å². The number of nitrogens with zero attached hydrogens (tertiary/aromatic N) is 2. The first kappa shape index (κ1) is 16.5. The van der Waals surface area contributed by atoms with Crippen LogP contribution in [0.3, 0.4) is 0 Å². The number of nitrogens with one attached hydrogen (secondary N) is 1. The van der Waals surface area contributed by atoms with Crippen LogP contribution >= 0.6 is 0 Å². The molecule has 1 aromatic heterocycles. The van der Waals surface area contributed by atoms with Gasteiger partial charge in [0.1, 0.15) is 17.3 Å². The van der Waals surface area contributed by atoms with Crippen molar-refractivity contribution in [3.05, 3.63) is 51.2 Å². The second-order valence-corrected chi connectivity index (χ2v) is 7.36. The number of aromatic hydroxyl groups is 2. The SMILES string of the molecule is CC(C)(C)c1nc2c(c(=O)[nH]1)CCN(Cc1ccc(O)cc1O)C2. The van der Waals surface area contributed by atoms with Crippen LogP contribution in [0.1, 0.15) is 43.4 Å². The summed E-state index contributed by atoms with van der Waals surface area (Å²) in [4.78, 5) is 22.0. The average molecular weight is 329 g/mol. The summed E-state index contributed by atoms with van der Waals surface area (Å²) in [5, 5.41) is 19.3. The maximum atomic E-state index is 12.3. The van der Waals surface area contributed by atoms with Crippen molar-refractivity contribution in [3.8, 4) is 11.5 Å². The molecule has 0 radical (unpaired) electrons. The fraction of sp³-hybridized carbons (Fsp3) is 0.444. The van der Waals surface area contributed by atoms with Crippen molar-refractivity contribution in [1.29, 1.82) is 0 Å². The Kier molecular flexibility index (Phi) is 4.09. The van der Waals surface area contributed by atoms with Crippen molar-refractivity contribution in [1.82, 2.24) is 14.9 Å². The van der Waals surface area contributed by atoms with E-state index in [2.05, 4.69) is 14.9 Å². The molecule has 0 unspecified atom stereocenters. The van der Waals surface area contributed by atoms with Gasteiger partial charge in [-0.15, -0.1) is 0 Å². The lowest BCUT2D eigenvalue weighted by atomic mass is 9.95. The highest BCUT2D eigenvalue weighted by Gasteiger charge is 2.25. The van der Waals surface area contributed by atoms with Gasteiger partial charge < -0.3 is 15.2 Å². The minimum Gasteiger partial charge on any atom is -0.508 e. The third-order valence-electron chi connectivity index (χ3n) is 4.33. The van der Waals surface area contributed by atoms with Gasteiger partial charge in [0.2, 0.25) is 0 Å². The minimum atomic E-state index is -0.217. The summed E-state index contributed by atoms with van der Waals surface area (Å²) in [7, 11) is 0. The van der Waals surface area contributed by atoms with E-state index in [0.29, 0.717) is 25.3 Å². The Balaban J connectivity index is 1.86. The van der Waals surface area contributed by atoms with Crippen molar-refractivity contribution in [2.75, 3.05) is 6.54 Å². The van der Waals surface area contributed by atoms with Gasteiger partial charge in [0, 0.05) is 42.2 Å². The van der Waals surface area contributed by atoms with Crippen molar-refractivity contribution in [3.63, 3.8) is 0 Å². The van der Waals surface area contributed by atoms with E-state index in [1.807, 2.05) is 20.8 Å². The van der Waals surface area contributed by atoms with Crippen LogP contribution in [0.5, 0.6) is 11.5 Å². The zero-order chi connectivity index (χ0) is 17.5. The predicted molar refractivity (Wildman–Crippen MR) is 91.1 cm³/mol. The molecule has 128 valence electrons. The summed E-state index contributed by atoms with van der Waals surface area (Å²) in [5.41, 5.74) is 2.06. The lowest BCUT2D eigenvalue weighted by Gasteiger charge is -2.29. The van der Waals surface area contributed by atoms with Gasteiger partial charge in [0.05, 0.1) is 5.69 Å². The molecule has 0 aliphatic carbocycles. The van der Waals surface area contributed by atoms with E-state index in [1.54, 1.807) is 12.1 Å². The van der Waals surface area contributed by atoms with E-state index < -0.39 is 0 Å². The molecule has 3 N–H and O–H groups in total. The van der Waals surface area contributed by atoms with Crippen LogP contribution < -0.4 is 5.56 Å². The molecule has 0 saturated heterocycles. The molecule has 0 atom stereocenters. The van der Waals surface area contributed by atoms with E-state index in [1.165, 1.54) is 6.07 Å². The van der Waals surface area contributed by atoms with Crippen molar-refractivity contribution < 1.29 is 10.2 Å². The largest absolute Gasteiger partial charge is 0.508 e. The standard InChI is InChI=1S/C18H23N3O3/c1-18(2,3)17-19-14-10-21(7-6-13(14)16(24)20-17)9-11-4-5-12(22)8-15(11)23/h4-5,8,22-23H,6-7,9-10H2,1-3H3,(H,19,20,24). The number of hydrogen-bond acceptors (Lipinski definition) is 5. The molecule has 1 aliphatic rings. The topological polar surface area (TPSA) is 89.5 Å². The molecular formula is C18H23N3O3. The Labute approximate surface area is 140 Å². The Hall–Kier alpha value is -2.34. The highest BCUT2D eigenvalue weighted by atomic mass is 16.3. The summed E-state index contributed by atoms with van der Waals surface area (Å²) in [5.74, 6) is 0.818. The van der Waals surface area contributed by atoms with Crippen LogP contribution in [0.4, 0.5) is 0 Å². The second kappa shape index (κ2) is 5.94. The van der Waals surface area contributed by atoms with Crippen molar-refractivity contribution in [2.24, 2.45) is 0 Å². The zero-order valence-corrected chi connectivity index (χ0v) is 14.3. The number of aromatic nitrogens is 2. The van der Waals surface area contributed by atoms with Gasteiger partial charge >= 0.3 is 0 Å². The molecule has 0 fully saturated rings. The molecule has 0 bridgehead atoms. The van der Waals surface area contributed by atoms with E-state index in [9.17, 15) is 15.0 Å². The molecule has 2 heterocycles. The maximum absolute atomic E-state index is 12.3. The number of phenolic OH excluding ortho intramolecular Hbond substituents is 2. The monoisotopic (exact) mass is 329 g/mol. The average Bonchev–Trinajstić information content (AvgIpc) is 2.49. The Morgan fingerprint density at radius 2 is 2.04 bits per heavy atom. The smallest absolute Gasteiger partial charge is 0.254 e. The van der Waals surface area contributed by atoms with Gasteiger partial charge in [-0.2, -0.15) is 0 Å². The van der Waals surface area contributed by atoms with Gasteiger partial charge in [-0.25, -0.2) is 4.98 Å². The van der Waals surface area contributed by atoms with E-state index in [0.717, 1.165) is 23.4 Å². The van der Waals surface area contributed by atoms with Gasteiger partial charge in [-0.3, -0.25) is 9.69 Å². The van der Waals surface area contributed by atoms with Crippen molar-refractivity contribution in [2.45, 2.75) is 45.7 Å². The first-order valence-electron chi connectivity index (χ1n) is 8.10. The van der Waals surface area contributed by atoms with E-state index in [4.69, 9.17) is 0 Å². The third-order valence-corrected chi connectivity index (χ3v) is 4.33. The number of hydrogen-bond donors (Lipinski definition) is 3. The van der Waals surface area contributed by atoms with Gasteiger partial charge in [-0.1, -0.05) is 26.8 Å². The number of benzene rings is 1. The summed E-state index contributed by atoms with van der Waals surface area (Å²) in [6.45, 7) is 7.91. The number of rotatable bonds is 2. The second-order valence-electron chi connectivity index (χ2n) is 7.36. The van der Waals surface area contributed by atoms with Crippen LogP contribution in [0.25, 0.3) is 0 Å². The van der Waals surface area contributed by atoms with Crippen molar-refractivity contribution >= 4 is 0 Å². The lowest BCUT2D eigenvalue weighted by molar-refractivity contribution is 0.236. The molecule has 6 heteroatoms. The van der Waals surface area contributed by atoms with Crippen LogP contribution in [0.15, 0.2) is 23.0 Å². The Bertz CT molecular complexity index is 821. The Morgan fingerprint density at radius 3 is 2.71 bits per heavy atom. The molecule has 24 heavy (non-hydrogen) atoms. The summed E-state index contributed by atoms with van der Waals surface area (Å²) >= 11 is 0. The fourth-order valence-corrected chi connectivity index (χ4v) is 2.91. The van der Waals surface area contributed by atoms with Crippen LogP contribution in [0, 0.1) is 0 Å². The number of aromatic amines is 1. The Morgan fingerprint density at radius 1 is 1.29 bits per heavy atom. The normalized spacial score (nSPS) is 15.3. The predicted octanol–water partition coefficient (Wildman–Crippen LogP) is 2.04. The fourth-order valence-electron chi connectivity index (χ4n) is 2.91. The number of phenols is 2. The molecule has 1 aromatic carbocycles. The molecule has 1 aliphatic heterocycles. The third kappa shape index (κ3) is 3.28. The first-order valence-corrected chi connectivity index (χ1v) is 8.10. The van der Waals surface area contributed by atoms with E-state index in [-0.39, 0.29) is 22.5 Å². The molecular weight excluding hydrogens is 306 g/mol.